The van der Waals surface area contributed by atoms with Gasteiger partial charge in [-0.15, -0.1) is 0 Å². The summed E-state index contributed by atoms with van der Waals surface area (Å²) in [6.07, 6.45) is 0.632. The third-order valence-electron chi connectivity index (χ3n) is 5.98. The molecule has 1 aliphatic heterocycles. The molecule has 1 unspecified atom stereocenters. The molecule has 8 nitrogen and oxygen atoms in total. The van der Waals surface area contributed by atoms with Crippen LogP contribution in [0.15, 0.2) is 66.7 Å². The van der Waals surface area contributed by atoms with Gasteiger partial charge in [0, 0.05) is 11.6 Å². The Bertz CT molecular complexity index is 1450. The van der Waals surface area contributed by atoms with E-state index in [-0.39, 0.29) is 29.8 Å². The van der Waals surface area contributed by atoms with Crippen molar-refractivity contribution in [2.45, 2.75) is 19.4 Å². The number of carboxylic acids is 1. The van der Waals surface area contributed by atoms with E-state index in [1.807, 2.05) is 12.1 Å². The van der Waals surface area contributed by atoms with Crippen LogP contribution in [-0.2, 0) is 14.8 Å². The SMILES string of the molecule is Cc1ccc2c(c1)C(=O)N(CCC(C(=O)O)N(c1ccc(-c3ccc(Cl)cc3)cc1)S(C)(=O)=O)C2=O. The Morgan fingerprint density at radius 3 is 2.06 bits per heavy atom. The minimum atomic E-state index is -4.03. The van der Waals surface area contributed by atoms with Crippen molar-refractivity contribution in [1.29, 1.82) is 0 Å². The van der Waals surface area contributed by atoms with Gasteiger partial charge >= 0.3 is 5.97 Å². The number of carboxylic acid groups (broad SMARTS) is 1. The highest BCUT2D eigenvalue weighted by Crippen LogP contribution is 2.29. The maximum absolute atomic E-state index is 12.8. The van der Waals surface area contributed by atoms with Crippen LogP contribution in [0.3, 0.4) is 0 Å². The molecule has 0 radical (unpaired) electrons. The summed E-state index contributed by atoms with van der Waals surface area (Å²) in [4.78, 5) is 38.7. The zero-order valence-corrected chi connectivity index (χ0v) is 21.1. The maximum atomic E-state index is 12.8. The zero-order valence-electron chi connectivity index (χ0n) is 19.5. The fourth-order valence-electron chi connectivity index (χ4n) is 4.25. The fourth-order valence-corrected chi connectivity index (χ4v) is 5.53. The lowest BCUT2D eigenvalue weighted by Gasteiger charge is -2.30. The number of aryl methyl sites for hydroxylation is 1. The molecule has 3 aromatic carbocycles. The molecule has 4 rings (SSSR count). The van der Waals surface area contributed by atoms with Crippen molar-refractivity contribution in [2.75, 3.05) is 17.1 Å². The van der Waals surface area contributed by atoms with Gasteiger partial charge in [-0.2, -0.15) is 0 Å². The first-order valence-electron chi connectivity index (χ1n) is 11.0. The highest BCUT2D eigenvalue weighted by molar-refractivity contribution is 7.92. The van der Waals surface area contributed by atoms with Gasteiger partial charge in [-0.25, -0.2) is 13.2 Å². The van der Waals surface area contributed by atoms with Crippen molar-refractivity contribution in [3.63, 3.8) is 0 Å². The Kier molecular flexibility index (Phi) is 6.88. The molecule has 36 heavy (non-hydrogen) atoms. The van der Waals surface area contributed by atoms with Crippen molar-refractivity contribution < 1.29 is 27.9 Å². The van der Waals surface area contributed by atoms with Gasteiger partial charge in [-0.1, -0.05) is 47.5 Å². The van der Waals surface area contributed by atoms with Crippen LogP contribution in [0, 0.1) is 6.92 Å². The number of hydrogen-bond donors (Lipinski definition) is 1. The van der Waals surface area contributed by atoms with Crippen molar-refractivity contribution in [3.05, 3.63) is 88.4 Å². The Morgan fingerprint density at radius 1 is 0.944 bits per heavy atom. The van der Waals surface area contributed by atoms with Crippen molar-refractivity contribution in [1.82, 2.24) is 4.90 Å². The minimum absolute atomic E-state index is 0.153. The Balaban J connectivity index is 1.60. The summed E-state index contributed by atoms with van der Waals surface area (Å²) in [6, 6.07) is 16.8. The number of hydrogen-bond acceptors (Lipinski definition) is 5. The van der Waals surface area contributed by atoms with E-state index < -0.39 is 33.8 Å². The molecule has 1 heterocycles. The van der Waals surface area contributed by atoms with Crippen molar-refractivity contribution in [3.8, 4) is 11.1 Å². The van der Waals surface area contributed by atoms with Crippen LogP contribution in [0.4, 0.5) is 5.69 Å². The molecule has 0 bridgehead atoms. The molecule has 0 aromatic heterocycles. The molecule has 0 saturated heterocycles. The van der Waals surface area contributed by atoms with Crippen LogP contribution in [0.2, 0.25) is 5.02 Å². The first kappa shape index (κ1) is 25.4. The lowest BCUT2D eigenvalue weighted by Crippen LogP contribution is -2.47. The number of aliphatic carboxylic acids is 1. The first-order chi connectivity index (χ1) is 17.0. The summed E-state index contributed by atoms with van der Waals surface area (Å²) < 4.78 is 26.2. The largest absolute Gasteiger partial charge is 0.480 e. The molecule has 3 aromatic rings. The number of carbonyl (C=O) groups is 3. The van der Waals surface area contributed by atoms with Gasteiger partial charge in [0.2, 0.25) is 10.0 Å². The number of fused-ring (bicyclic) bond motifs is 1. The number of amides is 2. The maximum Gasteiger partial charge on any atom is 0.327 e. The van der Waals surface area contributed by atoms with Gasteiger partial charge in [0.05, 0.1) is 23.1 Å². The van der Waals surface area contributed by atoms with Crippen LogP contribution in [0.25, 0.3) is 11.1 Å². The molecule has 10 heteroatoms. The van der Waals surface area contributed by atoms with E-state index in [4.69, 9.17) is 11.6 Å². The monoisotopic (exact) mass is 526 g/mol. The van der Waals surface area contributed by atoms with E-state index in [0.717, 1.165) is 32.2 Å². The molecule has 1 aliphatic rings. The predicted octanol–water partition coefficient (Wildman–Crippen LogP) is 4.22. The number of sulfonamides is 1. The lowest BCUT2D eigenvalue weighted by molar-refractivity contribution is -0.138. The molecule has 0 fully saturated rings. The summed E-state index contributed by atoms with van der Waals surface area (Å²) >= 11 is 5.93. The summed E-state index contributed by atoms with van der Waals surface area (Å²) in [5.74, 6) is -2.45. The highest BCUT2D eigenvalue weighted by Gasteiger charge is 2.38. The average Bonchev–Trinajstić information content (AvgIpc) is 3.05. The average molecular weight is 527 g/mol. The standard InChI is InChI=1S/C26H23ClN2O6S/c1-16-3-12-21-22(15-16)25(31)28(24(21)30)14-13-23(26(32)33)29(36(2,34)35)20-10-6-18(7-11-20)17-4-8-19(27)9-5-17/h3-12,15,23H,13-14H2,1-2H3,(H,32,33). The van der Waals surface area contributed by atoms with E-state index >= 15 is 0 Å². The van der Waals surface area contributed by atoms with Gasteiger partial charge in [0.15, 0.2) is 0 Å². The number of rotatable bonds is 8. The van der Waals surface area contributed by atoms with Crippen LogP contribution < -0.4 is 4.31 Å². The zero-order chi connectivity index (χ0) is 26.2. The van der Waals surface area contributed by atoms with Crippen LogP contribution in [-0.4, -0.2) is 55.1 Å². The predicted molar refractivity (Wildman–Crippen MR) is 137 cm³/mol. The lowest BCUT2D eigenvalue weighted by atomic mass is 10.1. The molecule has 0 spiro atoms. The Morgan fingerprint density at radius 2 is 1.50 bits per heavy atom. The second kappa shape index (κ2) is 9.75. The summed E-state index contributed by atoms with van der Waals surface area (Å²) in [5, 5.41) is 10.5. The van der Waals surface area contributed by atoms with Crippen LogP contribution >= 0.6 is 11.6 Å². The molecule has 0 saturated carbocycles. The molecule has 1 N–H and O–H groups in total. The minimum Gasteiger partial charge on any atom is -0.480 e. The molecule has 186 valence electrons. The van der Waals surface area contributed by atoms with Gasteiger partial charge < -0.3 is 5.11 Å². The van der Waals surface area contributed by atoms with Crippen LogP contribution in [0.1, 0.15) is 32.7 Å². The van der Waals surface area contributed by atoms with Gasteiger partial charge in [-0.05, 0) is 60.9 Å². The Labute approximate surface area is 213 Å². The van der Waals surface area contributed by atoms with Crippen molar-refractivity contribution >= 4 is 45.1 Å². The fraction of sp³-hybridized carbons (Fsp3) is 0.192. The normalized spacial score (nSPS) is 14.0. The summed E-state index contributed by atoms with van der Waals surface area (Å²) in [7, 11) is -4.03. The summed E-state index contributed by atoms with van der Waals surface area (Å²) in [5.41, 5.74) is 3.11. The number of benzene rings is 3. The van der Waals surface area contributed by atoms with E-state index in [1.165, 1.54) is 12.1 Å². The smallest absolute Gasteiger partial charge is 0.327 e. The Hall–Kier alpha value is -3.69. The van der Waals surface area contributed by atoms with Gasteiger partial charge in [0.25, 0.3) is 11.8 Å². The van der Waals surface area contributed by atoms with E-state index in [2.05, 4.69) is 0 Å². The molecular formula is C26H23ClN2O6S. The number of halogens is 1. The van der Waals surface area contributed by atoms with Crippen LogP contribution in [0.5, 0.6) is 0 Å². The molecular weight excluding hydrogens is 504 g/mol. The second-order valence-corrected chi connectivity index (χ2v) is 10.9. The third-order valence-corrected chi connectivity index (χ3v) is 7.41. The number of anilines is 1. The van der Waals surface area contributed by atoms with E-state index in [1.54, 1.807) is 49.4 Å². The molecule has 2 amide bonds. The van der Waals surface area contributed by atoms with E-state index in [9.17, 15) is 27.9 Å². The third kappa shape index (κ3) is 4.98. The number of imide groups is 1. The highest BCUT2D eigenvalue weighted by atomic mass is 35.5. The number of carbonyl (C=O) groups excluding carboxylic acids is 2. The topological polar surface area (TPSA) is 112 Å². The number of nitrogens with zero attached hydrogens (tertiary/aromatic N) is 2. The van der Waals surface area contributed by atoms with E-state index in [0.29, 0.717) is 5.02 Å². The summed E-state index contributed by atoms with van der Waals surface area (Å²) in [6.45, 7) is 1.54. The molecule has 0 aliphatic carbocycles. The van der Waals surface area contributed by atoms with Gasteiger partial charge in [-0.3, -0.25) is 18.8 Å². The van der Waals surface area contributed by atoms with Crippen molar-refractivity contribution in [2.24, 2.45) is 0 Å². The van der Waals surface area contributed by atoms with Gasteiger partial charge in [0.1, 0.15) is 6.04 Å². The quantitative estimate of drug-likeness (QED) is 0.440. The first-order valence-corrected chi connectivity index (χ1v) is 13.2. The second-order valence-electron chi connectivity index (χ2n) is 8.57. The molecule has 1 atom stereocenters.